The Morgan fingerprint density at radius 2 is 0.484 bits per heavy atom. The number of unbranched alkanes of at least 4 members (excludes halogenated alkanes) is 42. The third-order valence-corrected chi connectivity index (χ3v) is 19.5. The van der Waals surface area contributed by atoms with Crippen LogP contribution in [0, 0.1) is 17.8 Å². The van der Waals surface area contributed by atoms with E-state index in [0.717, 1.165) is 108 Å². The Bertz CT molecular complexity index is 1850. The molecular formula is C76H148O17P2. The largest absolute Gasteiger partial charge is 0.472 e. The second kappa shape index (κ2) is 66.6. The molecule has 0 rings (SSSR count). The molecule has 3 N–H and O–H groups in total. The summed E-state index contributed by atoms with van der Waals surface area (Å²) in [5.74, 6) is 0.186. The Hall–Kier alpha value is -1.94. The van der Waals surface area contributed by atoms with Gasteiger partial charge in [0.25, 0.3) is 0 Å². The van der Waals surface area contributed by atoms with Gasteiger partial charge in [-0.3, -0.25) is 37.3 Å². The highest BCUT2D eigenvalue weighted by molar-refractivity contribution is 7.47. The van der Waals surface area contributed by atoms with Crippen molar-refractivity contribution in [1.29, 1.82) is 0 Å². The number of hydrogen-bond acceptors (Lipinski definition) is 15. The summed E-state index contributed by atoms with van der Waals surface area (Å²) in [5.41, 5.74) is 0. The highest BCUT2D eigenvalue weighted by atomic mass is 31.2. The zero-order valence-electron chi connectivity index (χ0n) is 62.1. The van der Waals surface area contributed by atoms with Crippen molar-refractivity contribution in [2.75, 3.05) is 39.6 Å². The van der Waals surface area contributed by atoms with E-state index < -0.39 is 97.5 Å². The lowest BCUT2D eigenvalue weighted by atomic mass is 10.0. The van der Waals surface area contributed by atoms with Gasteiger partial charge in [-0.25, -0.2) is 9.13 Å². The van der Waals surface area contributed by atoms with Gasteiger partial charge in [0.2, 0.25) is 0 Å². The molecule has 0 spiro atoms. The minimum atomic E-state index is -4.96. The van der Waals surface area contributed by atoms with Crippen LogP contribution >= 0.6 is 15.6 Å². The second-order valence-electron chi connectivity index (χ2n) is 28.8. The van der Waals surface area contributed by atoms with E-state index in [9.17, 15) is 43.2 Å². The molecule has 564 valence electrons. The van der Waals surface area contributed by atoms with Gasteiger partial charge in [-0.15, -0.1) is 0 Å². The fourth-order valence-corrected chi connectivity index (χ4v) is 13.2. The van der Waals surface area contributed by atoms with Crippen molar-refractivity contribution in [2.24, 2.45) is 17.8 Å². The number of hydrogen-bond donors (Lipinski definition) is 3. The summed E-state index contributed by atoms with van der Waals surface area (Å²) in [6, 6.07) is 0. The molecule has 17 nitrogen and oxygen atoms in total. The van der Waals surface area contributed by atoms with Crippen LogP contribution in [0.2, 0.25) is 0 Å². The minimum absolute atomic E-state index is 0.105. The highest BCUT2D eigenvalue weighted by Gasteiger charge is 2.30. The first kappa shape index (κ1) is 93.1. The number of aliphatic hydroxyl groups excluding tert-OH is 1. The molecule has 0 aromatic heterocycles. The fraction of sp³-hybridized carbons (Fsp3) is 0.947. The predicted octanol–water partition coefficient (Wildman–Crippen LogP) is 22.2. The number of phosphoric acid groups is 2. The van der Waals surface area contributed by atoms with Crippen LogP contribution in [0.4, 0.5) is 0 Å². The van der Waals surface area contributed by atoms with Gasteiger partial charge in [-0.05, 0) is 43.4 Å². The third-order valence-electron chi connectivity index (χ3n) is 17.6. The van der Waals surface area contributed by atoms with Gasteiger partial charge in [-0.2, -0.15) is 0 Å². The number of phosphoric ester groups is 2. The average molecular weight is 1400 g/mol. The number of rotatable bonds is 74. The van der Waals surface area contributed by atoms with E-state index in [1.54, 1.807) is 0 Å². The Balaban J connectivity index is 5.24. The van der Waals surface area contributed by atoms with E-state index in [1.165, 1.54) is 199 Å². The number of aliphatic hydroxyl groups is 1. The third kappa shape index (κ3) is 70.3. The maximum Gasteiger partial charge on any atom is 0.472 e. The van der Waals surface area contributed by atoms with E-state index in [0.29, 0.717) is 25.7 Å². The molecule has 0 bridgehead atoms. The van der Waals surface area contributed by atoms with Crippen molar-refractivity contribution in [3.63, 3.8) is 0 Å². The average Bonchev–Trinajstić information content (AvgIpc) is 1.93. The lowest BCUT2D eigenvalue weighted by Crippen LogP contribution is -2.30. The van der Waals surface area contributed by atoms with E-state index in [-0.39, 0.29) is 25.7 Å². The summed E-state index contributed by atoms with van der Waals surface area (Å²) in [5, 5.41) is 10.6. The summed E-state index contributed by atoms with van der Waals surface area (Å²) in [6.07, 6.45) is 52.7. The van der Waals surface area contributed by atoms with Crippen LogP contribution < -0.4 is 0 Å². The van der Waals surface area contributed by atoms with Gasteiger partial charge in [0.1, 0.15) is 19.3 Å². The first-order valence-electron chi connectivity index (χ1n) is 39.3. The maximum atomic E-state index is 13.1. The molecule has 19 heteroatoms. The minimum Gasteiger partial charge on any atom is -0.462 e. The smallest absolute Gasteiger partial charge is 0.462 e. The summed E-state index contributed by atoms with van der Waals surface area (Å²) in [4.78, 5) is 72.8. The Kier molecular flexibility index (Phi) is 65.2. The van der Waals surface area contributed by atoms with Crippen LogP contribution in [0.5, 0.6) is 0 Å². The number of ether oxygens (including phenoxy) is 4. The van der Waals surface area contributed by atoms with Crippen molar-refractivity contribution in [3.05, 3.63) is 0 Å². The van der Waals surface area contributed by atoms with Crippen molar-refractivity contribution >= 4 is 39.5 Å². The van der Waals surface area contributed by atoms with Crippen LogP contribution in [0.25, 0.3) is 0 Å². The molecule has 0 fully saturated rings. The van der Waals surface area contributed by atoms with Crippen molar-refractivity contribution in [1.82, 2.24) is 0 Å². The van der Waals surface area contributed by atoms with E-state index in [1.807, 2.05) is 0 Å². The summed E-state index contributed by atoms with van der Waals surface area (Å²) in [6.45, 7) is 11.9. The molecule has 0 aromatic rings. The monoisotopic (exact) mass is 1400 g/mol. The van der Waals surface area contributed by atoms with Crippen molar-refractivity contribution < 1.29 is 80.2 Å². The molecule has 0 aliphatic rings. The molecule has 0 amide bonds. The highest BCUT2D eigenvalue weighted by Crippen LogP contribution is 2.45. The standard InChI is InChI=1S/C76H148O17P2/c1-8-9-10-11-12-13-21-28-36-43-50-57-73(78)86-64-72(93-76(81)60-53-46-39-32-31-35-42-49-56-69(6)7)66-91-95(84,85)89-62-70(77)61-88-94(82,83)90-65-71(63-87-74(79)58-51-44-37-29-24-20-16-18-23-27-34-41-48-55-68(4)5)92-75(80)59-52-45-38-30-25-19-15-14-17-22-26-33-40-47-54-67(2)3/h67-72,77H,8-66H2,1-7H3,(H,82,83)(H,84,85)/t70-,71-,72-/m1/s1. The van der Waals surface area contributed by atoms with Gasteiger partial charge in [0.05, 0.1) is 26.4 Å². The first-order chi connectivity index (χ1) is 45.7. The van der Waals surface area contributed by atoms with Gasteiger partial charge < -0.3 is 33.8 Å². The first-order valence-corrected chi connectivity index (χ1v) is 42.3. The topological polar surface area (TPSA) is 237 Å². The maximum absolute atomic E-state index is 13.1. The number of carbonyl (C=O) groups is 4. The van der Waals surface area contributed by atoms with Gasteiger partial charge in [0, 0.05) is 25.7 Å². The fourth-order valence-electron chi connectivity index (χ4n) is 11.6. The van der Waals surface area contributed by atoms with Crippen LogP contribution in [0.15, 0.2) is 0 Å². The predicted molar refractivity (Wildman–Crippen MR) is 386 cm³/mol. The SMILES string of the molecule is CCCCCCCCCCCCCC(=O)OC[C@H](COP(=O)(O)OC[C@H](O)COP(=O)(O)OC[C@@H](COC(=O)CCCCCCCCCCCCCCCC(C)C)OC(=O)CCCCCCCCCCCCCCCCC(C)C)OC(=O)CCCCCCCCCCC(C)C. The molecule has 0 saturated heterocycles. The van der Waals surface area contributed by atoms with Crippen molar-refractivity contribution in [2.45, 2.75) is 407 Å². The van der Waals surface area contributed by atoms with Crippen LogP contribution in [0.3, 0.4) is 0 Å². The van der Waals surface area contributed by atoms with Gasteiger partial charge >= 0.3 is 39.5 Å². The van der Waals surface area contributed by atoms with Crippen LogP contribution in [-0.2, 0) is 65.4 Å². The molecule has 0 heterocycles. The molecule has 2 unspecified atom stereocenters. The Morgan fingerprint density at radius 3 is 0.716 bits per heavy atom. The summed E-state index contributed by atoms with van der Waals surface area (Å²) < 4.78 is 68.5. The lowest BCUT2D eigenvalue weighted by molar-refractivity contribution is -0.161. The van der Waals surface area contributed by atoms with Crippen LogP contribution in [0.1, 0.15) is 389 Å². The molecule has 5 atom stereocenters. The molecule has 0 radical (unpaired) electrons. The molecule has 0 saturated carbocycles. The summed E-state index contributed by atoms with van der Waals surface area (Å²) >= 11 is 0. The number of esters is 4. The van der Waals surface area contributed by atoms with Crippen molar-refractivity contribution in [3.8, 4) is 0 Å². The zero-order valence-corrected chi connectivity index (χ0v) is 63.9. The molecular weight excluding hydrogens is 1250 g/mol. The molecule has 0 aliphatic heterocycles. The molecule has 0 aromatic carbocycles. The molecule has 95 heavy (non-hydrogen) atoms. The van der Waals surface area contributed by atoms with E-state index in [2.05, 4.69) is 48.5 Å². The zero-order chi connectivity index (χ0) is 70.1. The summed E-state index contributed by atoms with van der Waals surface area (Å²) in [7, 11) is -9.91. The lowest BCUT2D eigenvalue weighted by Gasteiger charge is -2.21. The Morgan fingerprint density at radius 1 is 0.284 bits per heavy atom. The van der Waals surface area contributed by atoms with E-state index >= 15 is 0 Å². The van der Waals surface area contributed by atoms with E-state index in [4.69, 9.17) is 37.0 Å². The normalized spacial score (nSPS) is 14.1. The van der Waals surface area contributed by atoms with Gasteiger partial charge in [-0.1, -0.05) is 337 Å². The Labute approximate surface area is 581 Å². The van der Waals surface area contributed by atoms with Crippen LogP contribution in [-0.4, -0.2) is 96.7 Å². The van der Waals surface area contributed by atoms with Gasteiger partial charge in [0.15, 0.2) is 12.2 Å². The quantitative estimate of drug-likeness (QED) is 0.0222. The number of carbonyl (C=O) groups excluding carboxylic acids is 4. The second-order valence-corrected chi connectivity index (χ2v) is 31.7. The molecule has 0 aliphatic carbocycles.